The maximum Gasteiger partial charge on any atom is 0.236 e. The first-order valence-corrected chi connectivity index (χ1v) is 10.5. The molecule has 1 saturated heterocycles. The fraction of sp³-hybridized carbons (Fsp3) is 0.348. The molecule has 0 aromatic carbocycles. The maximum absolute atomic E-state index is 12.2. The fourth-order valence-electron chi connectivity index (χ4n) is 4.02. The van der Waals surface area contributed by atoms with Gasteiger partial charge < -0.3 is 15.2 Å². The molecule has 1 fully saturated rings. The average molecular weight is 416 g/mol. The summed E-state index contributed by atoms with van der Waals surface area (Å²) in [5.74, 6) is -0.0732. The molecule has 4 rings (SSSR count). The summed E-state index contributed by atoms with van der Waals surface area (Å²) < 4.78 is 0. The van der Waals surface area contributed by atoms with E-state index < -0.39 is 0 Å². The quantitative estimate of drug-likeness (QED) is 0.594. The molecular weight excluding hydrogens is 392 g/mol. The Hall–Kier alpha value is -3.73. The van der Waals surface area contributed by atoms with Crippen LogP contribution in [0.15, 0.2) is 36.8 Å². The van der Waals surface area contributed by atoms with E-state index in [1.54, 1.807) is 29.4 Å². The number of likely N-dealkylation sites (tertiary alicyclic amines) is 1. The number of amides is 1. The maximum atomic E-state index is 12.2. The first-order chi connectivity index (χ1) is 15.1. The Morgan fingerprint density at radius 1 is 1.35 bits per heavy atom. The molecule has 0 radical (unpaired) electrons. The second-order valence-corrected chi connectivity index (χ2v) is 7.65. The largest absolute Gasteiger partial charge is 0.379 e. The SMILES string of the molecule is CCC(=O)c1ccnc(-c2cnc3[nH]ccc3c2N[C@@H]2CCCN(C(=O)CC#N)C2)c1. The topological polar surface area (TPSA) is 115 Å². The van der Waals surface area contributed by atoms with Crippen LogP contribution in [0.2, 0.25) is 0 Å². The van der Waals surface area contributed by atoms with E-state index in [9.17, 15) is 9.59 Å². The summed E-state index contributed by atoms with van der Waals surface area (Å²) in [6.45, 7) is 3.05. The number of aromatic nitrogens is 3. The zero-order valence-corrected chi connectivity index (χ0v) is 17.4. The van der Waals surface area contributed by atoms with Gasteiger partial charge in [0.25, 0.3) is 0 Å². The van der Waals surface area contributed by atoms with Crippen molar-refractivity contribution in [3.05, 3.63) is 42.4 Å². The molecule has 31 heavy (non-hydrogen) atoms. The molecule has 4 heterocycles. The van der Waals surface area contributed by atoms with Gasteiger partial charge in [0.2, 0.25) is 5.91 Å². The van der Waals surface area contributed by atoms with Crippen molar-refractivity contribution in [2.24, 2.45) is 0 Å². The number of piperidine rings is 1. The van der Waals surface area contributed by atoms with Crippen molar-refractivity contribution in [3.63, 3.8) is 0 Å². The highest BCUT2D eigenvalue weighted by Gasteiger charge is 2.25. The molecule has 3 aromatic heterocycles. The van der Waals surface area contributed by atoms with E-state index in [1.807, 2.05) is 25.3 Å². The van der Waals surface area contributed by atoms with Crippen LogP contribution in [0.1, 0.15) is 43.0 Å². The van der Waals surface area contributed by atoms with Gasteiger partial charge in [-0.25, -0.2) is 4.98 Å². The normalized spacial score (nSPS) is 16.1. The van der Waals surface area contributed by atoms with Crippen LogP contribution in [-0.4, -0.2) is 50.7 Å². The summed E-state index contributed by atoms with van der Waals surface area (Å²) >= 11 is 0. The zero-order valence-electron chi connectivity index (χ0n) is 17.4. The van der Waals surface area contributed by atoms with E-state index in [-0.39, 0.29) is 24.2 Å². The summed E-state index contributed by atoms with van der Waals surface area (Å²) in [7, 11) is 0. The second-order valence-electron chi connectivity index (χ2n) is 7.65. The van der Waals surface area contributed by atoms with Crippen LogP contribution in [0, 0.1) is 11.3 Å². The van der Waals surface area contributed by atoms with Gasteiger partial charge in [-0.05, 0) is 31.0 Å². The number of Topliss-reactive ketones (excluding diaryl/α,β-unsaturated/α-hetero) is 1. The smallest absolute Gasteiger partial charge is 0.236 e. The monoisotopic (exact) mass is 416 g/mol. The molecule has 0 saturated carbocycles. The number of hydrogen-bond donors (Lipinski definition) is 2. The average Bonchev–Trinajstić information content (AvgIpc) is 3.28. The summed E-state index contributed by atoms with van der Waals surface area (Å²) in [5.41, 5.74) is 3.72. The summed E-state index contributed by atoms with van der Waals surface area (Å²) in [6, 6.07) is 7.46. The van der Waals surface area contributed by atoms with Gasteiger partial charge in [-0.3, -0.25) is 14.6 Å². The minimum Gasteiger partial charge on any atom is -0.379 e. The highest BCUT2D eigenvalue weighted by Crippen LogP contribution is 2.34. The minimum absolute atomic E-state index is 0.0381. The molecule has 1 atom stereocenters. The van der Waals surface area contributed by atoms with E-state index in [0.717, 1.165) is 35.1 Å². The Labute approximate surface area is 180 Å². The van der Waals surface area contributed by atoms with Gasteiger partial charge in [0, 0.05) is 60.7 Å². The van der Waals surface area contributed by atoms with Crippen LogP contribution in [0.5, 0.6) is 0 Å². The van der Waals surface area contributed by atoms with Crippen LogP contribution in [0.4, 0.5) is 5.69 Å². The molecule has 1 amide bonds. The molecule has 0 aliphatic carbocycles. The van der Waals surface area contributed by atoms with Gasteiger partial charge in [0.05, 0.1) is 17.5 Å². The summed E-state index contributed by atoms with van der Waals surface area (Å²) in [5, 5.41) is 13.4. The van der Waals surface area contributed by atoms with Gasteiger partial charge in [-0.15, -0.1) is 0 Å². The van der Waals surface area contributed by atoms with Gasteiger partial charge in [0.15, 0.2) is 5.78 Å². The zero-order chi connectivity index (χ0) is 21.8. The Bertz CT molecular complexity index is 1160. The van der Waals surface area contributed by atoms with Crippen molar-refractivity contribution >= 4 is 28.4 Å². The van der Waals surface area contributed by atoms with Crippen LogP contribution in [0.25, 0.3) is 22.3 Å². The lowest BCUT2D eigenvalue weighted by Crippen LogP contribution is -2.45. The summed E-state index contributed by atoms with van der Waals surface area (Å²) in [6.07, 6.45) is 7.34. The van der Waals surface area contributed by atoms with Crippen LogP contribution < -0.4 is 5.32 Å². The van der Waals surface area contributed by atoms with E-state index >= 15 is 0 Å². The number of carbonyl (C=O) groups is 2. The molecule has 2 N–H and O–H groups in total. The molecule has 8 heteroatoms. The van der Waals surface area contributed by atoms with Crippen molar-refractivity contribution in [1.82, 2.24) is 19.9 Å². The highest BCUT2D eigenvalue weighted by molar-refractivity contribution is 6.00. The molecule has 158 valence electrons. The van der Waals surface area contributed by atoms with Crippen molar-refractivity contribution in [2.75, 3.05) is 18.4 Å². The van der Waals surface area contributed by atoms with Crippen LogP contribution in [0.3, 0.4) is 0 Å². The number of carbonyl (C=O) groups excluding carboxylic acids is 2. The Morgan fingerprint density at radius 3 is 3.03 bits per heavy atom. The van der Waals surface area contributed by atoms with Gasteiger partial charge >= 0.3 is 0 Å². The first-order valence-electron chi connectivity index (χ1n) is 10.5. The number of ketones is 1. The van der Waals surface area contributed by atoms with E-state index in [0.29, 0.717) is 30.8 Å². The molecule has 1 aliphatic rings. The van der Waals surface area contributed by atoms with Crippen LogP contribution in [-0.2, 0) is 4.79 Å². The number of nitriles is 1. The lowest BCUT2D eigenvalue weighted by atomic mass is 10.0. The molecule has 8 nitrogen and oxygen atoms in total. The summed E-state index contributed by atoms with van der Waals surface area (Å²) in [4.78, 5) is 38.3. The van der Waals surface area contributed by atoms with Gasteiger partial charge in [-0.1, -0.05) is 6.92 Å². The number of H-pyrrole nitrogens is 1. The highest BCUT2D eigenvalue weighted by atomic mass is 16.2. The Balaban J connectivity index is 1.69. The number of nitrogens with one attached hydrogen (secondary N) is 2. The van der Waals surface area contributed by atoms with E-state index in [1.165, 1.54) is 0 Å². The minimum atomic E-state index is -0.136. The third-order valence-electron chi connectivity index (χ3n) is 5.62. The van der Waals surface area contributed by atoms with Crippen molar-refractivity contribution < 1.29 is 9.59 Å². The van der Waals surface area contributed by atoms with Gasteiger partial charge in [-0.2, -0.15) is 5.26 Å². The number of aromatic amines is 1. The van der Waals surface area contributed by atoms with Gasteiger partial charge in [0.1, 0.15) is 12.1 Å². The number of nitrogens with zero attached hydrogens (tertiary/aromatic N) is 4. The predicted molar refractivity (Wildman–Crippen MR) is 117 cm³/mol. The fourth-order valence-corrected chi connectivity index (χ4v) is 4.02. The number of rotatable bonds is 6. The van der Waals surface area contributed by atoms with E-state index in [4.69, 9.17) is 5.26 Å². The Kier molecular flexibility index (Phi) is 5.94. The van der Waals surface area contributed by atoms with Crippen molar-refractivity contribution in [2.45, 2.75) is 38.6 Å². The Morgan fingerprint density at radius 2 is 2.23 bits per heavy atom. The lowest BCUT2D eigenvalue weighted by molar-refractivity contribution is -0.131. The number of pyridine rings is 2. The lowest BCUT2D eigenvalue weighted by Gasteiger charge is -2.34. The second kappa shape index (κ2) is 8.96. The molecule has 0 unspecified atom stereocenters. The van der Waals surface area contributed by atoms with E-state index in [2.05, 4.69) is 20.3 Å². The number of fused-ring (bicyclic) bond motifs is 1. The van der Waals surface area contributed by atoms with Crippen molar-refractivity contribution in [1.29, 1.82) is 5.26 Å². The third kappa shape index (κ3) is 4.26. The van der Waals surface area contributed by atoms with Crippen LogP contribution >= 0.6 is 0 Å². The molecule has 3 aromatic rings. The molecule has 1 aliphatic heterocycles. The standard InChI is InChI=1S/C23H24N6O2/c1-2-20(30)15-6-9-25-19(12-15)18-13-27-23-17(7-10-26-23)22(18)28-16-4-3-11-29(14-16)21(31)5-8-24/h6-7,9-10,12-13,16H,2-5,11,14H2,1H3,(H2,26,27,28)/t16-/m1/s1. The first kappa shape index (κ1) is 20.5. The number of hydrogen-bond acceptors (Lipinski definition) is 6. The number of anilines is 1. The van der Waals surface area contributed by atoms with Crippen molar-refractivity contribution in [3.8, 4) is 17.3 Å². The third-order valence-corrected chi connectivity index (χ3v) is 5.62. The predicted octanol–water partition coefficient (Wildman–Crippen LogP) is 3.53. The molecule has 0 bridgehead atoms. The molecular formula is C23H24N6O2. The molecule has 0 spiro atoms.